The number of rotatable bonds is 6. The number of halogens is 1. The van der Waals surface area contributed by atoms with Crippen LogP contribution in [-0.4, -0.2) is 26.8 Å². The molecule has 132 valence electrons. The van der Waals surface area contributed by atoms with E-state index in [2.05, 4.69) is 20.5 Å². The number of nitrogens with zero attached hydrogens (tertiary/aromatic N) is 2. The molecule has 0 fully saturated rings. The maximum absolute atomic E-state index is 12.8. The van der Waals surface area contributed by atoms with Crippen molar-refractivity contribution in [3.63, 3.8) is 0 Å². The Morgan fingerprint density at radius 3 is 2.50 bits per heavy atom. The summed E-state index contributed by atoms with van der Waals surface area (Å²) in [5.41, 5.74) is 1.45. The van der Waals surface area contributed by atoms with Gasteiger partial charge in [-0.05, 0) is 29.8 Å². The molecular formula is C18H15FN4O2S. The molecule has 0 spiro atoms. The Kier molecular flexibility index (Phi) is 5.75. The van der Waals surface area contributed by atoms with E-state index in [9.17, 15) is 14.0 Å². The van der Waals surface area contributed by atoms with Gasteiger partial charge in [-0.25, -0.2) is 4.39 Å². The minimum absolute atomic E-state index is 0.0417. The highest BCUT2D eigenvalue weighted by atomic mass is 32.2. The predicted molar refractivity (Wildman–Crippen MR) is 97.7 cm³/mol. The lowest BCUT2D eigenvalue weighted by Crippen LogP contribution is -2.19. The molecule has 2 N–H and O–H groups in total. The van der Waals surface area contributed by atoms with Crippen LogP contribution < -0.4 is 10.9 Å². The summed E-state index contributed by atoms with van der Waals surface area (Å²) in [6.07, 6.45) is 0.388. The molecule has 0 aliphatic heterocycles. The van der Waals surface area contributed by atoms with Crippen molar-refractivity contribution in [3.05, 3.63) is 82.0 Å². The molecule has 0 radical (unpaired) electrons. The zero-order chi connectivity index (χ0) is 18.4. The van der Waals surface area contributed by atoms with Gasteiger partial charge >= 0.3 is 0 Å². The Hall–Kier alpha value is -3.00. The third-order valence-electron chi connectivity index (χ3n) is 3.43. The highest BCUT2D eigenvalue weighted by molar-refractivity contribution is 7.99. The van der Waals surface area contributed by atoms with Crippen molar-refractivity contribution in [3.8, 4) is 0 Å². The first-order chi connectivity index (χ1) is 12.6. The van der Waals surface area contributed by atoms with Crippen molar-refractivity contribution in [1.82, 2.24) is 15.2 Å². The summed E-state index contributed by atoms with van der Waals surface area (Å²) >= 11 is 1.06. The predicted octanol–water partition coefficient (Wildman–Crippen LogP) is 2.63. The third-order valence-corrected chi connectivity index (χ3v) is 4.29. The maximum atomic E-state index is 12.8. The largest absolute Gasteiger partial charge is 0.325 e. The average molecular weight is 370 g/mol. The Morgan fingerprint density at radius 1 is 1.08 bits per heavy atom. The molecule has 8 heteroatoms. The van der Waals surface area contributed by atoms with E-state index in [1.54, 1.807) is 0 Å². The van der Waals surface area contributed by atoms with Crippen molar-refractivity contribution in [2.24, 2.45) is 0 Å². The molecule has 0 saturated carbocycles. The van der Waals surface area contributed by atoms with Crippen LogP contribution in [-0.2, 0) is 11.2 Å². The molecule has 26 heavy (non-hydrogen) atoms. The lowest BCUT2D eigenvalue weighted by Gasteiger charge is -2.05. The zero-order valence-corrected chi connectivity index (χ0v) is 14.4. The minimum atomic E-state index is -0.374. The summed E-state index contributed by atoms with van der Waals surface area (Å²) in [5, 5.41) is 10.8. The van der Waals surface area contributed by atoms with Gasteiger partial charge in [-0.1, -0.05) is 42.1 Å². The second-order valence-corrected chi connectivity index (χ2v) is 6.38. The summed E-state index contributed by atoms with van der Waals surface area (Å²) in [6, 6.07) is 15.0. The SMILES string of the molecule is O=C(CSc1nnc(Cc2ccccc2)c(=O)[nH]1)Nc1ccc(F)cc1. The van der Waals surface area contributed by atoms with E-state index in [-0.39, 0.29) is 28.2 Å². The van der Waals surface area contributed by atoms with Crippen molar-refractivity contribution in [2.45, 2.75) is 11.6 Å². The van der Waals surface area contributed by atoms with Crippen molar-refractivity contribution < 1.29 is 9.18 Å². The quantitative estimate of drug-likeness (QED) is 0.651. The van der Waals surface area contributed by atoms with Crippen molar-refractivity contribution >= 4 is 23.4 Å². The number of anilines is 1. The van der Waals surface area contributed by atoms with Crippen LogP contribution in [0.1, 0.15) is 11.3 Å². The summed E-state index contributed by atoms with van der Waals surface area (Å²) < 4.78 is 12.8. The van der Waals surface area contributed by atoms with Gasteiger partial charge in [-0.15, -0.1) is 10.2 Å². The topological polar surface area (TPSA) is 87.7 Å². The van der Waals surface area contributed by atoms with Gasteiger partial charge in [0.1, 0.15) is 11.5 Å². The number of hydrogen-bond donors (Lipinski definition) is 2. The molecule has 0 aliphatic carbocycles. The number of aromatic nitrogens is 3. The number of carbonyl (C=O) groups excluding carboxylic acids is 1. The van der Waals surface area contributed by atoms with Crippen LogP contribution in [0.2, 0.25) is 0 Å². The number of amides is 1. The number of benzene rings is 2. The van der Waals surface area contributed by atoms with E-state index in [0.717, 1.165) is 17.3 Å². The third kappa shape index (κ3) is 5.00. The Morgan fingerprint density at radius 2 is 1.81 bits per heavy atom. The second-order valence-electron chi connectivity index (χ2n) is 5.41. The van der Waals surface area contributed by atoms with E-state index in [0.29, 0.717) is 17.8 Å². The number of hydrogen-bond acceptors (Lipinski definition) is 5. The molecule has 1 aromatic heterocycles. The van der Waals surface area contributed by atoms with Gasteiger partial charge in [0.05, 0.1) is 5.75 Å². The number of H-pyrrole nitrogens is 1. The first-order valence-corrected chi connectivity index (χ1v) is 8.77. The number of aromatic amines is 1. The summed E-state index contributed by atoms with van der Waals surface area (Å²) in [4.78, 5) is 26.6. The van der Waals surface area contributed by atoms with Crippen LogP contribution >= 0.6 is 11.8 Å². The normalized spacial score (nSPS) is 10.5. The van der Waals surface area contributed by atoms with E-state index in [4.69, 9.17) is 0 Å². The molecule has 0 bridgehead atoms. The molecule has 0 unspecified atom stereocenters. The molecule has 0 atom stereocenters. The van der Waals surface area contributed by atoms with Crippen molar-refractivity contribution in [2.75, 3.05) is 11.1 Å². The second kappa shape index (κ2) is 8.39. The lowest BCUT2D eigenvalue weighted by molar-refractivity contribution is -0.113. The lowest BCUT2D eigenvalue weighted by atomic mass is 10.1. The van der Waals surface area contributed by atoms with Crippen LogP contribution in [0.25, 0.3) is 0 Å². The monoisotopic (exact) mass is 370 g/mol. The van der Waals surface area contributed by atoms with Crippen LogP contribution in [0.15, 0.2) is 64.5 Å². The molecule has 6 nitrogen and oxygen atoms in total. The fourth-order valence-corrected chi connectivity index (χ4v) is 2.78. The van der Waals surface area contributed by atoms with E-state index < -0.39 is 0 Å². The van der Waals surface area contributed by atoms with Gasteiger partial charge in [0.25, 0.3) is 5.56 Å². The van der Waals surface area contributed by atoms with E-state index >= 15 is 0 Å². The van der Waals surface area contributed by atoms with E-state index in [1.165, 1.54) is 24.3 Å². The molecule has 1 heterocycles. The fourth-order valence-electron chi connectivity index (χ4n) is 2.18. The van der Waals surface area contributed by atoms with Crippen LogP contribution in [0.4, 0.5) is 10.1 Å². The first kappa shape index (κ1) is 17.8. The van der Waals surface area contributed by atoms with Gasteiger partial charge in [-0.2, -0.15) is 0 Å². The smallest absolute Gasteiger partial charge is 0.273 e. The molecule has 0 saturated heterocycles. The molecule has 1 amide bonds. The average Bonchev–Trinajstić information content (AvgIpc) is 2.65. The van der Waals surface area contributed by atoms with Crippen molar-refractivity contribution in [1.29, 1.82) is 0 Å². The Bertz CT molecular complexity index is 945. The molecular weight excluding hydrogens is 355 g/mol. The molecule has 3 rings (SSSR count). The summed E-state index contributed by atoms with van der Waals surface area (Å²) in [5.74, 6) is -0.626. The van der Waals surface area contributed by atoms with Gasteiger partial charge in [0, 0.05) is 12.1 Å². The fraction of sp³-hybridized carbons (Fsp3) is 0.111. The van der Waals surface area contributed by atoms with Gasteiger partial charge < -0.3 is 5.32 Å². The van der Waals surface area contributed by atoms with Gasteiger partial charge in [0.15, 0.2) is 5.16 Å². The summed E-state index contributed by atoms with van der Waals surface area (Å²) in [6.45, 7) is 0. The molecule has 2 aromatic carbocycles. The minimum Gasteiger partial charge on any atom is -0.325 e. The highest BCUT2D eigenvalue weighted by Gasteiger charge is 2.09. The van der Waals surface area contributed by atoms with Gasteiger partial charge in [-0.3, -0.25) is 14.6 Å². The van der Waals surface area contributed by atoms with E-state index in [1.807, 2.05) is 30.3 Å². The van der Waals surface area contributed by atoms with Crippen LogP contribution in [0, 0.1) is 5.82 Å². The zero-order valence-electron chi connectivity index (χ0n) is 13.6. The maximum Gasteiger partial charge on any atom is 0.273 e. The van der Waals surface area contributed by atoms with Crippen LogP contribution in [0.3, 0.4) is 0 Å². The Labute approximate surface area is 152 Å². The van der Waals surface area contributed by atoms with Gasteiger partial charge in [0.2, 0.25) is 5.91 Å². The molecule has 0 aliphatic rings. The molecule has 3 aromatic rings. The van der Waals surface area contributed by atoms with Crippen LogP contribution in [0.5, 0.6) is 0 Å². The highest BCUT2D eigenvalue weighted by Crippen LogP contribution is 2.13. The first-order valence-electron chi connectivity index (χ1n) is 7.78. The number of nitrogens with one attached hydrogen (secondary N) is 2. The Balaban J connectivity index is 1.56. The summed E-state index contributed by atoms with van der Waals surface area (Å²) in [7, 11) is 0. The number of thioether (sulfide) groups is 1. The standard InChI is InChI=1S/C18H15FN4O2S/c19-13-6-8-14(9-7-13)20-16(24)11-26-18-21-17(25)15(22-23-18)10-12-4-2-1-3-5-12/h1-9H,10-11H2,(H,20,24)(H,21,23,25). The number of carbonyl (C=O) groups is 1.